The molecular formula is C23H26O4. The van der Waals surface area contributed by atoms with Crippen LogP contribution in [-0.4, -0.2) is 25.3 Å². The fraction of sp³-hybridized carbons (Fsp3) is 0.261. The van der Waals surface area contributed by atoms with Crippen molar-refractivity contribution in [1.82, 2.24) is 0 Å². The molecule has 2 rings (SSSR count). The van der Waals surface area contributed by atoms with Gasteiger partial charge in [0.05, 0.1) is 14.2 Å². The number of aromatic hydroxyl groups is 1. The van der Waals surface area contributed by atoms with Crippen LogP contribution in [0, 0.1) is 0 Å². The van der Waals surface area contributed by atoms with Crippen molar-refractivity contribution in [1.29, 1.82) is 0 Å². The Morgan fingerprint density at radius 2 is 1.93 bits per heavy atom. The van der Waals surface area contributed by atoms with Gasteiger partial charge in [-0.25, -0.2) is 4.79 Å². The van der Waals surface area contributed by atoms with E-state index in [0.717, 1.165) is 11.1 Å². The molecule has 0 spiro atoms. The first-order valence-corrected chi connectivity index (χ1v) is 8.83. The molecule has 0 aromatic heterocycles. The lowest BCUT2D eigenvalue weighted by molar-refractivity contribution is 0.0597. The molecule has 0 saturated carbocycles. The number of phenolic OH excluding ortho intramolecular Hbond substituents is 1. The number of hydrogen-bond acceptors (Lipinski definition) is 4. The highest BCUT2D eigenvalue weighted by molar-refractivity contribution is 5.97. The largest absolute Gasteiger partial charge is 0.507 e. The van der Waals surface area contributed by atoms with Crippen LogP contribution in [0.15, 0.2) is 54.6 Å². The summed E-state index contributed by atoms with van der Waals surface area (Å²) in [5.41, 5.74) is 3.44. The first-order valence-electron chi connectivity index (χ1n) is 8.83. The maximum atomic E-state index is 12.3. The first kappa shape index (κ1) is 20.3. The Morgan fingerprint density at radius 3 is 2.52 bits per heavy atom. The highest BCUT2D eigenvalue weighted by Crippen LogP contribution is 2.37. The summed E-state index contributed by atoms with van der Waals surface area (Å²) < 4.78 is 10.3. The molecule has 1 N–H and O–H groups in total. The zero-order valence-electron chi connectivity index (χ0n) is 16.1. The van der Waals surface area contributed by atoms with Crippen LogP contribution in [0.1, 0.15) is 40.4 Å². The molecule has 0 radical (unpaired) electrons. The first-order chi connectivity index (χ1) is 13.0. The summed E-state index contributed by atoms with van der Waals surface area (Å²) in [7, 11) is 2.85. The van der Waals surface area contributed by atoms with Crippen molar-refractivity contribution >= 4 is 12.0 Å². The minimum absolute atomic E-state index is 0.0955. The summed E-state index contributed by atoms with van der Waals surface area (Å²) in [4.78, 5) is 12.3. The van der Waals surface area contributed by atoms with E-state index in [1.807, 2.05) is 49.4 Å². The maximum absolute atomic E-state index is 12.3. The molecule has 0 amide bonds. The molecule has 2 aromatic carbocycles. The molecule has 0 unspecified atom stereocenters. The molecule has 2 aromatic rings. The highest BCUT2D eigenvalue weighted by atomic mass is 16.5. The SMILES string of the molecule is C=C(C)CCc1c(OC)cc(C=CCc2ccccc2)c(C(=O)OC)c1O. The second kappa shape index (κ2) is 9.62. The molecule has 0 heterocycles. The Labute approximate surface area is 160 Å². The number of ether oxygens (including phenoxy) is 2. The molecule has 0 bridgehead atoms. The van der Waals surface area contributed by atoms with Crippen LogP contribution in [0.5, 0.6) is 11.5 Å². The van der Waals surface area contributed by atoms with Gasteiger partial charge in [-0.15, -0.1) is 6.58 Å². The Hall–Kier alpha value is -3.01. The van der Waals surface area contributed by atoms with E-state index < -0.39 is 5.97 Å². The van der Waals surface area contributed by atoms with Crippen molar-refractivity contribution in [2.75, 3.05) is 14.2 Å². The second-order valence-electron chi connectivity index (χ2n) is 6.41. The number of rotatable bonds is 8. The van der Waals surface area contributed by atoms with E-state index in [1.54, 1.807) is 13.2 Å². The van der Waals surface area contributed by atoms with Gasteiger partial charge in [0.15, 0.2) is 0 Å². The number of methoxy groups -OCH3 is 2. The zero-order valence-corrected chi connectivity index (χ0v) is 16.1. The van der Waals surface area contributed by atoms with Gasteiger partial charge in [-0.1, -0.05) is 48.1 Å². The van der Waals surface area contributed by atoms with Gasteiger partial charge in [0.25, 0.3) is 0 Å². The van der Waals surface area contributed by atoms with E-state index in [9.17, 15) is 9.90 Å². The molecule has 0 fully saturated rings. The van der Waals surface area contributed by atoms with Crippen molar-refractivity contribution in [3.8, 4) is 11.5 Å². The van der Waals surface area contributed by atoms with Crippen molar-refractivity contribution in [2.45, 2.75) is 26.2 Å². The third-order valence-electron chi connectivity index (χ3n) is 4.30. The van der Waals surface area contributed by atoms with Gasteiger partial charge in [0.1, 0.15) is 17.1 Å². The lowest BCUT2D eigenvalue weighted by Gasteiger charge is -2.16. The number of carbonyl (C=O) groups excluding carboxylic acids is 1. The summed E-state index contributed by atoms with van der Waals surface area (Å²) in [5.74, 6) is -0.131. The van der Waals surface area contributed by atoms with E-state index >= 15 is 0 Å². The van der Waals surface area contributed by atoms with Gasteiger partial charge < -0.3 is 14.6 Å². The van der Waals surface area contributed by atoms with E-state index in [0.29, 0.717) is 36.1 Å². The molecule has 0 aliphatic heterocycles. The Balaban J connectivity index is 2.43. The molecule has 4 nitrogen and oxygen atoms in total. The number of esters is 1. The Kier molecular flexibility index (Phi) is 7.24. The summed E-state index contributed by atoms with van der Waals surface area (Å²) >= 11 is 0. The zero-order chi connectivity index (χ0) is 19.8. The molecule has 0 saturated heterocycles. The van der Waals surface area contributed by atoms with Gasteiger partial charge in [-0.3, -0.25) is 0 Å². The molecule has 0 aliphatic carbocycles. The average molecular weight is 366 g/mol. The van der Waals surface area contributed by atoms with Gasteiger partial charge in [0.2, 0.25) is 0 Å². The van der Waals surface area contributed by atoms with Crippen molar-refractivity contribution < 1.29 is 19.4 Å². The fourth-order valence-corrected chi connectivity index (χ4v) is 2.85. The van der Waals surface area contributed by atoms with Gasteiger partial charge in [-0.05, 0) is 43.4 Å². The molecular weight excluding hydrogens is 340 g/mol. The van der Waals surface area contributed by atoms with E-state index in [4.69, 9.17) is 9.47 Å². The summed E-state index contributed by atoms with van der Waals surface area (Å²) in [5, 5.41) is 10.8. The minimum atomic E-state index is -0.578. The fourth-order valence-electron chi connectivity index (χ4n) is 2.85. The molecule has 27 heavy (non-hydrogen) atoms. The smallest absolute Gasteiger partial charge is 0.342 e. The quantitative estimate of drug-likeness (QED) is 0.530. The van der Waals surface area contributed by atoms with Crippen LogP contribution >= 0.6 is 0 Å². The van der Waals surface area contributed by atoms with Crippen molar-refractivity contribution in [2.24, 2.45) is 0 Å². The standard InChI is InChI=1S/C23H26O4/c1-16(2)13-14-19-20(26-3)15-18(21(22(19)24)23(25)27-4)12-8-11-17-9-6-5-7-10-17/h5-10,12,15,24H,1,11,13-14H2,2-4H3. The van der Waals surface area contributed by atoms with Crippen LogP contribution < -0.4 is 4.74 Å². The van der Waals surface area contributed by atoms with Gasteiger partial charge >= 0.3 is 5.97 Å². The van der Waals surface area contributed by atoms with E-state index in [1.165, 1.54) is 7.11 Å². The van der Waals surface area contributed by atoms with E-state index in [2.05, 4.69) is 6.58 Å². The van der Waals surface area contributed by atoms with Crippen LogP contribution in [0.4, 0.5) is 0 Å². The molecule has 142 valence electrons. The van der Waals surface area contributed by atoms with Crippen LogP contribution in [0.25, 0.3) is 6.08 Å². The van der Waals surface area contributed by atoms with Crippen LogP contribution in [-0.2, 0) is 17.6 Å². The predicted molar refractivity (Wildman–Crippen MR) is 108 cm³/mol. The predicted octanol–water partition coefficient (Wildman–Crippen LogP) is 4.95. The number of benzene rings is 2. The third-order valence-corrected chi connectivity index (χ3v) is 4.30. The number of carbonyl (C=O) groups is 1. The number of hydrogen-bond donors (Lipinski definition) is 1. The number of allylic oxidation sites excluding steroid dienone is 2. The third kappa shape index (κ3) is 5.23. The van der Waals surface area contributed by atoms with E-state index in [-0.39, 0.29) is 11.3 Å². The number of phenols is 1. The Bertz CT molecular complexity index is 835. The van der Waals surface area contributed by atoms with Crippen molar-refractivity contribution in [3.63, 3.8) is 0 Å². The second-order valence-corrected chi connectivity index (χ2v) is 6.41. The summed E-state index contributed by atoms with van der Waals surface area (Å²) in [6.45, 7) is 5.81. The average Bonchev–Trinajstić information content (AvgIpc) is 2.67. The molecule has 0 aliphatic rings. The summed E-state index contributed by atoms with van der Waals surface area (Å²) in [6.07, 6.45) is 5.69. The highest BCUT2D eigenvalue weighted by Gasteiger charge is 2.22. The van der Waals surface area contributed by atoms with Gasteiger partial charge in [0, 0.05) is 5.56 Å². The maximum Gasteiger partial charge on any atom is 0.342 e. The van der Waals surface area contributed by atoms with Crippen LogP contribution in [0.3, 0.4) is 0 Å². The topological polar surface area (TPSA) is 55.8 Å². The van der Waals surface area contributed by atoms with Crippen LogP contribution in [0.2, 0.25) is 0 Å². The lowest BCUT2D eigenvalue weighted by Crippen LogP contribution is -2.07. The van der Waals surface area contributed by atoms with Crippen molar-refractivity contribution in [3.05, 3.63) is 76.9 Å². The molecule has 0 atom stereocenters. The monoisotopic (exact) mass is 366 g/mol. The normalized spacial score (nSPS) is 10.8. The minimum Gasteiger partial charge on any atom is -0.507 e. The summed E-state index contributed by atoms with van der Waals surface area (Å²) in [6, 6.07) is 11.8. The molecule has 4 heteroatoms. The Morgan fingerprint density at radius 1 is 1.22 bits per heavy atom. The lowest BCUT2D eigenvalue weighted by atomic mass is 9.96. The van der Waals surface area contributed by atoms with Gasteiger partial charge in [-0.2, -0.15) is 0 Å².